The number of hydrogen-bond acceptors (Lipinski definition) is 7. The van der Waals surface area contributed by atoms with Crippen LogP contribution in [0.3, 0.4) is 0 Å². The molecule has 8 heteroatoms. The average Bonchev–Trinajstić information content (AvgIpc) is 3.14. The number of nitriles is 2. The van der Waals surface area contributed by atoms with Crippen LogP contribution in [0.1, 0.15) is 72.7 Å². The smallest absolute Gasteiger partial charge is 0.340 e. The lowest BCUT2D eigenvalue weighted by Gasteiger charge is -2.36. The van der Waals surface area contributed by atoms with Crippen molar-refractivity contribution in [2.75, 3.05) is 11.9 Å². The van der Waals surface area contributed by atoms with Gasteiger partial charge in [0.2, 0.25) is 5.91 Å². The lowest BCUT2D eigenvalue weighted by atomic mass is 9.67. The summed E-state index contributed by atoms with van der Waals surface area (Å²) < 4.78 is 5.11. The monoisotopic (exact) mass is 415 g/mol. The molecule has 0 aliphatic heterocycles. The minimum atomic E-state index is -1.03. The largest absolute Gasteiger partial charge is 0.462 e. The summed E-state index contributed by atoms with van der Waals surface area (Å²) in [6.07, 6.45) is 1.26. The van der Waals surface area contributed by atoms with E-state index in [1.54, 1.807) is 31.2 Å². The van der Waals surface area contributed by atoms with Crippen LogP contribution in [0.25, 0.3) is 0 Å². The third-order valence-electron chi connectivity index (χ3n) is 6.71. The fourth-order valence-electron chi connectivity index (χ4n) is 5.13. The number of hydrogen-bond donors (Lipinski definition) is 1. The van der Waals surface area contributed by atoms with Crippen LogP contribution in [0.15, 0.2) is 24.3 Å². The molecule has 31 heavy (non-hydrogen) atoms. The number of ether oxygens (including phenoxy) is 1. The van der Waals surface area contributed by atoms with E-state index in [1.807, 2.05) is 26.0 Å². The Morgan fingerprint density at radius 1 is 1.19 bits per heavy atom. The predicted molar refractivity (Wildman–Crippen MR) is 110 cm³/mol. The van der Waals surface area contributed by atoms with Gasteiger partial charge in [0.25, 0.3) is 0 Å². The molecular formula is C23H21N5O3. The lowest BCUT2D eigenvalue weighted by Crippen LogP contribution is -2.47. The van der Waals surface area contributed by atoms with E-state index < -0.39 is 16.8 Å². The van der Waals surface area contributed by atoms with Crippen molar-refractivity contribution in [3.63, 3.8) is 0 Å². The second kappa shape index (κ2) is 7.17. The first kappa shape index (κ1) is 20.5. The second-order valence-corrected chi connectivity index (χ2v) is 8.32. The molecule has 1 N–H and O–H groups in total. The molecule has 1 aromatic carbocycles. The minimum absolute atomic E-state index is 0.0205. The molecule has 1 heterocycles. The van der Waals surface area contributed by atoms with E-state index >= 15 is 0 Å². The fraction of sp³-hybridized carbons (Fsp3) is 0.391. The maximum Gasteiger partial charge on any atom is 0.340 e. The molecule has 0 radical (unpaired) electrons. The third kappa shape index (κ3) is 2.72. The molecule has 1 fully saturated rings. The summed E-state index contributed by atoms with van der Waals surface area (Å²) in [6.45, 7) is 5.92. The highest BCUT2D eigenvalue weighted by molar-refractivity contribution is 6.06. The normalized spacial score (nSPS) is 22.2. The lowest BCUT2D eigenvalue weighted by molar-refractivity contribution is -0.124. The molecule has 8 nitrogen and oxygen atoms in total. The van der Waals surface area contributed by atoms with E-state index in [4.69, 9.17) is 4.74 Å². The third-order valence-corrected chi connectivity index (χ3v) is 6.71. The Bertz CT molecular complexity index is 1190. The molecule has 1 amide bonds. The zero-order valence-corrected chi connectivity index (χ0v) is 17.5. The summed E-state index contributed by atoms with van der Waals surface area (Å²) in [5.74, 6) is -0.879. The van der Waals surface area contributed by atoms with Crippen LogP contribution in [-0.2, 0) is 14.9 Å². The zero-order chi connectivity index (χ0) is 22.4. The predicted octanol–water partition coefficient (Wildman–Crippen LogP) is 3.19. The Labute approximate surface area is 179 Å². The van der Waals surface area contributed by atoms with Gasteiger partial charge in [-0.2, -0.15) is 10.5 Å². The number of carbonyl (C=O) groups excluding carboxylic acids is 2. The second-order valence-electron chi connectivity index (χ2n) is 8.32. The molecule has 1 saturated carbocycles. The van der Waals surface area contributed by atoms with Crippen LogP contribution >= 0.6 is 0 Å². The standard InChI is InChI=1S/C23H21N5O3/c1-4-31-20(29)13-7-5-6-8-15(13)28-21(30)23-10-9-14(22(23,2)3)18-19(23)27-17(12-25)16(11-24)26-18/h5-8,14H,4,9-10H2,1-3H3,(H,28,30). The van der Waals surface area contributed by atoms with Crippen molar-refractivity contribution in [3.8, 4) is 12.1 Å². The van der Waals surface area contributed by atoms with E-state index in [0.29, 0.717) is 23.5 Å². The van der Waals surface area contributed by atoms with Gasteiger partial charge in [-0.3, -0.25) is 4.79 Å². The quantitative estimate of drug-likeness (QED) is 0.759. The number of anilines is 1. The highest BCUT2D eigenvalue weighted by atomic mass is 16.5. The minimum Gasteiger partial charge on any atom is -0.462 e. The van der Waals surface area contributed by atoms with Gasteiger partial charge in [-0.1, -0.05) is 26.0 Å². The van der Waals surface area contributed by atoms with Gasteiger partial charge in [-0.15, -0.1) is 0 Å². The summed E-state index contributed by atoms with van der Waals surface area (Å²) in [5.41, 5.74) is 0.0338. The number of para-hydroxylation sites is 1. The van der Waals surface area contributed by atoms with Gasteiger partial charge >= 0.3 is 5.97 Å². The fourth-order valence-corrected chi connectivity index (χ4v) is 5.13. The zero-order valence-electron chi connectivity index (χ0n) is 17.5. The summed E-state index contributed by atoms with van der Waals surface area (Å²) in [5, 5.41) is 21.7. The molecule has 156 valence electrons. The van der Waals surface area contributed by atoms with Crippen LogP contribution in [0, 0.1) is 28.1 Å². The Kier molecular flexibility index (Phi) is 4.74. The molecule has 2 aliphatic carbocycles. The number of fused-ring (bicyclic) bond motifs is 5. The first-order valence-electron chi connectivity index (χ1n) is 10.1. The van der Waals surface area contributed by atoms with Gasteiger partial charge in [0, 0.05) is 5.92 Å². The van der Waals surface area contributed by atoms with Crippen molar-refractivity contribution in [1.82, 2.24) is 9.97 Å². The molecule has 2 atom stereocenters. The van der Waals surface area contributed by atoms with Crippen LogP contribution in [-0.4, -0.2) is 28.5 Å². The van der Waals surface area contributed by atoms with Crippen molar-refractivity contribution in [1.29, 1.82) is 10.5 Å². The van der Waals surface area contributed by atoms with E-state index in [2.05, 4.69) is 15.3 Å². The Morgan fingerprint density at radius 2 is 1.87 bits per heavy atom. The van der Waals surface area contributed by atoms with Crippen molar-refractivity contribution >= 4 is 17.6 Å². The van der Waals surface area contributed by atoms with Gasteiger partial charge in [-0.25, -0.2) is 14.8 Å². The molecule has 1 aromatic heterocycles. The molecule has 2 bridgehead atoms. The van der Waals surface area contributed by atoms with Crippen molar-refractivity contribution in [2.24, 2.45) is 5.41 Å². The number of esters is 1. The maximum atomic E-state index is 13.8. The molecular weight excluding hydrogens is 394 g/mol. The van der Waals surface area contributed by atoms with E-state index in [1.165, 1.54) is 0 Å². The topological polar surface area (TPSA) is 129 Å². The van der Waals surface area contributed by atoms with Gasteiger partial charge in [0.1, 0.15) is 12.1 Å². The first-order valence-corrected chi connectivity index (χ1v) is 10.1. The van der Waals surface area contributed by atoms with E-state index in [-0.39, 0.29) is 35.4 Å². The first-order chi connectivity index (χ1) is 14.8. The highest BCUT2D eigenvalue weighted by Gasteiger charge is 2.68. The van der Waals surface area contributed by atoms with E-state index in [9.17, 15) is 20.1 Å². The van der Waals surface area contributed by atoms with Gasteiger partial charge < -0.3 is 10.1 Å². The van der Waals surface area contributed by atoms with Crippen LogP contribution in [0.4, 0.5) is 5.69 Å². The number of aromatic nitrogens is 2. The van der Waals surface area contributed by atoms with Gasteiger partial charge in [0.05, 0.1) is 34.7 Å². The molecule has 2 aliphatic rings. The Balaban J connectivity index is 1.81. The highest BCUT2D eigenvalue weighted by Crippen LogP contribution is 2.67. The maximum absolute atomic E-state index is 13.8. The number of amides is 1. The van der Waals surface area contributed by atoms with Crippen LogP contribution in [0.2, 0.25) is 0 Å². The summed E-state index contributed by atoms with van der Waals surface area (Å²) in [7, 11) is 0. The average molecular weight is 415 g/mol. The number of rotatable bonds is 4. The Morgan fingerprint density at radius 3 is 2.55 bits per heavy atom. The summed E-state index contributed by atoms with van der Waals surface area (Å²) in [4.78, 5) is 35.0. The molecule has 0 saturated heterocycles. The Hall–Kier alpha value is -3.78. The molecule has 2 aromatic rings. The van der Waals surface area contributed by atoms with Crippen LogP contribution in [0.5, 0.6) is 0 Å². The molecule has 4 rings (SSSR count). The van der Waals surface area contributed by atoms with Crippen molar-refractivity contribution < 1.29 is 14.3 Å². The molecule has 2 unspecified atom stereocenters. The number of nitrogens with zero attached hydrogens (tertiary/aromatic N) is 4. The molecule has 0 spiro atoms. The van der Waals surface area contributed by atoms with Gasteiger partial charge in [0.15, 0.2) is 11.4 Å². The van der Waals surface area contributed by atoms with E-state index in [0.717, 1.165) is 6.42 Å². The van der Waals surface area contributed by atoms with Crippen molar-refractivity contribution in [3.05, 3.63) is 52.6 Å². The number of nitrogens with one attached hydrogen (secondary N) is 1. The number of carbonyl (C=O) groups is 2. The number of benzene rings is 1. The van der Waals surface area contributed by atoms with Crippen molar-refractivity contribution in [2.45, 2.75) is 44.9 Å². The summed E-state index contributed by atoms with van der Waals surface area (Å²) in [6, 6.07) is 10.5. The van der Waals surface area contributed by atoms with Gasteiger partial charge in [-0.05, 0) is 37.3 Å². The van der Waals surface area contributed by atoms with Crippen LogP contribution < -0.4 is 5.32 Å². The summed E-state index contributed by atoms with van der Waals surface area (Å²) >= 11 is 0. The SMILES string of the molecule is CCOC(=O)c1ccccc1NC(=O)C12CCC(c3nc(C#N)c(C#N)nc31)C2(C)C.